The van der Waals surface area contributed by atoms with Gasteiger partial charge in [0.15, 0.2) is 5.82 Å². The van der Waals surface area contributed by atoms with Gasteiger partial charge in [0.2, 0.25) is 11.8 Å². The standard InChI is InChI=1S/C36H45BrF3N7O3/c1-44-13-7-24(8-14-44)25-9-15-46(16-10-25)34(49)27(19-23-20-29(36(38,39)40)32(41)30(37)21-23)22-31(48)45-17-11-28(12-18-45)47-35(50)42-33(43-47)26-5-3-2-4-6-26/h2-6,20-21,24-25,27-28H,7-19,22,41H2,1H3,(H,42,43,50)/t27-/m0/s1. The molecule has 270 valence electrons. The molecule has 4 heterocycles. The highest BCUT2D eigenvalue weighted by molar-refractivity contribution is 9.10. The molecule has 2 amide bonds. The van der Waals surface area contributed by atoms with Crippen LogP contribution in [0.3, 0.4) is 0 Å². The first-order valence-corrected chi connectivity index (χ1v) is 18.3. The van der Waals surface area contributed by atoms with E-state index < -0.39 is 23.3 Å². The lowest BCUT2D eigenvalue weighted by Gasteiger charge is -2.40. The van der Waals surface area contributed by atoms with Crippen molar-refractivity contribution in [3.63, 3.8) is 0 Å². The van der Waals surface area contributed by atoms with Crippen molar-refractivity contribution in [2.24, 2.45) is 17.8 Å². The summed E-state index contributed by atoms with van der Waals surface area (Å²) in [7, 11) is 2.14. The molecule has 1 atom stereocenters. The predicted octanol–water partition coefficient (Wildman–Crippen LogP) is 5.59. The summed E-state index contributed by atoms with van der Waals surface area (Å²) in [5, 5.41) is 4.52. The molecule has 2 aromatic carbocycles. The van der Waals surface area contributed by atoms with Crippen LogP contribution in [0.1, 0.15) is 62.1 Å². The molecule has 0 radical (unpaired) electrons. The number of nitrogens with zero attached hydrogens (tertiary/aromatic N) is 5. The number of alkyl halides is 3. The maximum atomic E-state index is 14.1. The molecular weight excluding hydrogens is 715 g/mol. The van der Waals surface area contributed by atoms with Gasteiger partial charge in [-0.05, 0) is 111 Å². The van der Waals surface area contributed by atoms with E-state index in [9.17, 15) is 27.6 Å². The Morgan fingerprint density at radius 3 is 2.16 bits per heavy atom. The molecule has 3 fully saturated rings. The number of benzene rings is 2. The van der Waals surface area contributed by atoms with E-state index in [1.165, 1.54) is 10.7 Å². The second-order valence-electron chi connectivity index (χ2n) is 14.1. The summed E-state index contributed by atoms with van der Waals surface area (Å²) in [5.41, 5.74) is 5.16. The molecule has 3 aromatic rings. The van der Waals surface area contributed by atoms with E-state index in [-0.39, 0.29) is 46.4 Å². The molecule has 3 saturated heterocycles. The number of carbonyl (C=O) groups excluding carboxylic acids is 2. The van der Waals surface area contributed by atoms with Gasteiger partial charge in [0.25, 0.3) is 0 Å². The molecule has 10 nitrogen and oxygen atoms in total. The maximum absolute atomic E-state index is 14.1. The van der Waals surface area contributed by atoms with E-state index in [1.807, 2.05) is 30.3 Å². The number of amides is 2. The number of halogens is 4. The zero-order chi connectivity index (χ0) is 35.6. The number of likely N-dealkylation sites (tertiary alicyclic amines) is 3. The first-order chi connectivity index (χ1) is 23.9. The van der Waals surface area contributed by atoms with Crippen LogP contribution in [0.25, 0.3) is 11.4 Å². The van der Waals surface area contributed by atoms with Crippen LogP contribution in [0, 0.1) is 17.8 Å². The molecule has 14 heteroatoms. The fraction of sp³-hybridized carbons (Fsp3) is 0.556. The molecule has 0 aliphatic carbocycles. The number of H-pyrrole nitrogens is 1. The van der Waals surface area contributed by atoms with Gasteiger partial charge in [-0.15, -0.1) is 5.10 Å². The highest BCUT2D eigenvalue weighted by Crippen LogP contribution is 2.39. The molecule has 50 heavy (non-hydrogen) atoms. The number of hydrogen-bond acceptors (Lipinski definition) is 6. The Kier molecular flexibility index (Phi) is 11.1. The van der Waals surface area contributed by atoms with Crippen LogP contribution >= 0.6 is 15.9 Å². The summed E-state index contributed by atoms with van der Waals surface area (Å²) in [6.45, 7) is 4.06. The summed E-state index contributed by atoms with van der Waals surface area (Å²) in [4.78, 5) is 49.3. The number of nitrogens with two attached hydrogens (primary N) is 1. The van der Waals surface area contributed by atoms with E-state index in [0.29, 0.717) is 56.7 Å². The second-order valence-corrected chi connectivity index (χ2v) is 15.0. The fourth-order valence-electron chi connectivity index (χ4n) is 7.92. The summed E-state index contributed by atoms with van der Waals surface area (Å²) < 4.78 is 43.1. The monoisotopic (exact) mass is 759 g/mol. The lowest BCUT2D eigenvalue weighted by Crippen LogP contribution is -2.46. The predicted molar refractivity (Wildman–Crippen MR) is 188 cm³/mol. The van der Waals surface area contributed by atoms with Crippen LogP contribution < -0.4 is 11.4 Å². The minimum Gasteiger partial charge on any atom is -0.397 e. The molecule has 3 aliphatic heterocycles. The van der Waals surface area contributed by atoms with Crippen LogP contribution in [0.15, 0.2) is 51.7 Å². The third-order valence-electron chi connectivity index (χ3n) is 10.9. The van der Waals surface area contributed by atoms with Crippen LogP contribution in [0.2, 0.25) is 0 Å². The molecule has 3 N–H and O–H groups in total. The number of nitrogen functional groups attached to an aromatic ring is 1. The highest BCUT2D eigenvalue weighted by Gasteiger charge is 2.37. The van der Waals surface area contributed by atoms with E-state index in [2.05, 4.69) is 38.0 Å². The number of hydrogen-bond donors (Lipinski definition) is 2. The van der Waals surface area contributed by atoms with Crippen LogP contribution in [-0.4, -0.2) is 87.6 Å². The minimum atomic E-state index is -4.67. The van der Waals surface area contributed by atoms with Gasteiger partial charge in [-0.3, -0.25) is 14.6 Å². The van der Waals surface area contributed by atoms with E-state index in [4.69, 9.17) is 5.73 Å². The number of piperidine rings is 3. The quantitative estimate of drug-likeness (QED) is 0.289. The van der Waals surface area contributed by atoms with Crippen molar-refractivity contribution in [1.82, 2.24) is 29.5 Å². The zero-order valence-electron chi connectivity index (χ0n) is 28.3. The van der Waals surface area contributed by atoms with Gasteiger partial charge in [0.05, 0.1) is 23.2 Å². The largest absolute Gasteiger partial charge is 0.418 e. The third kappa shape index (κ3) is 8.28. The minimum absolute atomic E-state index is 0.0250. The maximum Gasteiger partial charge on any atom is 0.418 e. The number of nitrogens with one attached hydrogen (secondary N) is 1. The Hall–Kier alpha value is -3.65. The van der Waals surface area contributed by atoms with Crippen LogP contribution in [0.5, 0.6) is 0 Å². The lowest BCUT2D eigenvalue weighted by atomic mass is 9.78. The fourth-order valence-corrected chi connectivity index (χ4v) is 8.42. The van der Waals surface area contributed by atoms with Crippen molar-refractivity contribution >= 4 is 33.4 Å². The smallest absolute Gasteiger partial charge is 0.397 e. The number of rotatable bonds is 8. The van der Waals surface area contributed by atoms with Gasteiger partial charge in [0, 0.05) is 42.6 Å². The summed E-state index contributed by atoms with van der Waals surface area (Å²) in [6, 6.07) is 11.7. The molecule has 1 aromatic heterocycles. The first kappa shape index (κ1) is 36.2. The van der Waals surface area contributed by atoms with Crippen LogP contribution in [-0.2, 0) is 22.2 Å². The van der Waals surface area contributed by atoms with Gasteiger partial charge >= 0.3 is 11.9 Å². The average Bonchev–Trinajstić information content (AvgIpc) is 3.50. The SMILES string of the molecule is CN1CCC(C2CCN(C(=O)[C@H](CC(=O)N3CCC(n4nc(-c5ccccc5)[nH]c4=O)CC3)Cc3cc(Br)c(N)c(C(F)(F)F)c3)CC2)CC1. The van der Waals surface area contributed by atoms with Crippen molar-refractivity contribution in [2.45, 2.75) is 63.6 Å². The molecule has 0 bridgehead atoms. The number of carbonyl (C=O) groups is 2. The van der Waals surface area contributed by atoms with Crippen LogP contribution in [0.4, 0.5) is 18.9 Å². The summed E-state index contributed by atoms with van der Waals surface area (Å²) >= 11 is 3.17. The van der Waals surface area contributed by atoms with Gasteiger partial charge in [-0.2, -0.15) is 13.2 Å². The zero-order valence-corrected chi connectivity index (χ0v) is 29.9. The van der Waals surface area contributed by atoms with Crippen molar-refractivity contribution < 1.29 is 22.8 Å². The molecular formula is C36H45BrF3N7O3. The third-order valence-corrected chi connectivity index (χ3v) is 11.5. The van der Waals surface area contributed by atoms with Crippen molar-refractivity contribution in [3.8, 4) is 11.4 Å². The Bertz CT molecular complexity index is 1710. The van der Waals surface area contributed by atoms with Crippen molar-refractivity contribution in [3.05, 3.63) is 68.5 Å². The average molecular weight is 761 g/mol. The first-order valence-electron chi connectivity index (χ1n) is 17.5. The Balaban J connectivity index is 1.14. The van der Waals surface area contributed by atoms with Gasteiger partial charge in [-0.25, -0.2) is 9.48 Å². The Labute approximate surface area is 298 Å². The van der Waals surface area contributed by atoms with E-state index >= 15 is 0 Å². The van der Waals surface area contributed by atoms with Gasteiger partial charge < -0.3 is 20.4 Å². The van der Waals surface area contributed by atoms with E-state index in [0.717, 1.165) is 50.4 Å². The molecule has 3 aliphatic rings. The van der Waals surface area contributed by atoms with E-state index in [1.54, 1.807) is 9.80 Å². The van der Waals surface area contributed by atoms with Crippen molar-refractivity contribution in [2.75, 3.05) is 52.0 Å². The highest BCUT2D eigenvalue weighted by atomic mass is 79.9. The van der Waals surface area contributed by atoms with Gasteiger partial charge in [-0.1, -0.05) is 30.3 Å². The molecule has 0 spiro atoms. The number of anilines is 1. The normalized spacial score (nSPS) is 19.5. The Morgan fingerprint density at radius 2 is 1.54 bits per heavy atom. The summed E-state index contributed by atoms with van der Waals surface area (Å²) in [6.07, 6.45) is 0.276. The number of aromatic nitrogens is 3. The second kappa shape index (κ2) is 15.3. The van der Waals surface area contributed by atoms with Crippen molar-refractivity contribution in [1.29, 1.82) is 0 Å². The number of aromatic amines is 1. The molecule has 0 unspecified atom stereocenters. The lowest BCUT2D eigenvalue weighted by molar-refractivity contribution is -0.143. The topological polar surface area (TPSA) is 121 Å². The molecule has 0 saturated carbocycles. The Morgan fingerprint density at radius 1 is 0.940 bits per heavy atom. The van der Waals surface area contributed by atoms with Gasteiger partial charge in [0.1, 0.15) is 0 Å². The molecule has 6 rings (SSSR count). The summed E-state index contributed by atoms with van der Waals surface area (Å²) in [5.74, 6) is 0.398.